The summed E-state index contributed by atoms with van der Waals surface area (Å²) in [7, 11) is 0. The predicted octanol–water partition coefficient (Wildman–Crippen LogP) is 3.08. The number of hydrogen-bond acceptors (Lipinski definition) is 5. The Morgan fingerprint density at radius 1 is 1.23 bits per heavy atom. The van der Waals surface area contributed by atoms with Gasteiger partial charge in [-0.1, -0.05) is 6.07 Å². The van der Waals surface area contributed by atoms with Gasteiger partial charge in [-0.3, -0.25) is 9.59 Å². The number of hydrogen-bond donors (Lipinski definition) is 3. The molecule has 1 aromatic rings. The van der Waals surface area contributed by atoms with Crippen LogP contribution in [0.3, 0.4) is 0 Å². The Balaban J connectivity index is 2.85. The number of ether oxygens (including phenoxy) is 2. The van der Waals surface area contributed by atoms with Crippen molar-refractivity contribution >= 4 is 18.0 Å². The number of carboxylic acid groups (broad SMARTS) is 1. The van der Waals surface area contributed by atoms with Gasteiger partial charge in [0.05, 0.1) is 6.04 Å². The molecule has 8 nitrogen and oxygen atoms in total. The zero-order chi connectivity index (χ0) is 22.9. The monoisotopic (exact) mass is 426 g/mol. The van der Waals surface area contributed by atoms with Crippen LogP contribution in [0.25, 0.3) is 0 Å². The molecule has 0 radical (unpaired) electrons. The van der Waals surface area contributed by atoms with Crippen LogP contribution in [-0.2, 0) is 20.7 Å². The Kier molecular flexibility index (Phi) is 9.55. The lowest BCUT2D eigenvalue weighted by atomic mass is 10.0. The SMILES string of the molecule is Cc1cc(CCCC(=O)O)c(F)c(OCC(CCC(N)=O)NC(=O)OC(C)(C)C)c1. The summed E-state index contributed by atoms with van der Waals surface area (Å²) in [6, 6.07) is 2.55. The highest BCUT2D eigenvalue weighted by Crippen LogP contribution is 2.25. The Morgan fingerprint density at radius 2 is 1.90 bits per heavy atom. The number of benzene rings is 1. The summed E-state index contributed by atoms with van der Waals surface area (Å²) in [6.07, 6.45) is 0.0420. The summed E-state index contributed by atoms with van der Waals surface area (Å²) >= 11 is 0. The van der Waals surface area contributed by atoms with Crippen LogP contribution in [0.1, 0.15) is 57.6 Å². The van der Waals surface area contributed by atoms with E-state index < -0.39 is 35.4 Å². The standard InChI is InChI=1S/C21H31FN2O6/c1-13-10-14(6-5-7-18(26)27)19(22)16(11-13)29-12-15(8-9-17(23)25)24-20(28)30-21(2,3)4/h10-11,15H,5-9,12H2,1-4H3,(H2,23,25)(H,24,28)(H,26,27). The Hall–Kier alpha value is -2.84. The molecule has 9 heteroatoms. The number of nitrogens with two attached hydrogens (primary N) is 1. The first-order chi connectivity index (χ1) is 13.9. The molecule has 0 aliphatic carbocycles. The summed E-state index contributed by atoms with van der Waals surface area (Å²) in [5.41, 5.74) is 5.60. The molecular weight excluding hydrogens is 395 g/mol. The van der Waals surface area contributed by atoms with Gasteiger partial charge in [0.15, 0.2) is 11.6 Å². The summed E-state index contributed by atoms with van der Waals surface area (Å²) in [6.45, 7) is 6.83. The van der Waals surface area contributed by atoms with Crippen LogP contribution in [0.5, 0.6) is 5.75 Å². The first kappa shape index (κ1) is 25.2. The molecule has 0 bridgehead atoms. The smallest absolute Gasteiger partial charge is 0.407 e. The van der Waals surface area contributed by atoms with E-state index in [-0.39, 0.29) is 38.0 Å². The number of aryl methyl sites for hydroxylation is 2. The maximum atomic E-state index is 14.8. The number of rotatable bonds is 11. The van der Waals surface area contributed by atoms with Crippen LogP contribution in [0, 0.1) is 12.7 Å². The van der Waals surface area contributed by atoms with Crippen molar-refractivity contribution in [1.82, 2.24) is 5.32 Å². The molecule has 0 spiro atoms. The molecule has 1 unspecified atom stereocenters. The molecule has 1 aromatic carbocycles. The van der Waals surface area contributed by atoms with Crippen molar-refractivity contribution in [2.45, 2.75) is 71.4 Å². The molecule has 30 heavy (non-hydrogen) atoms. The average Bonchev–Trinajstić information content (AvgIpc) is 2.58. The predicted molar refractivity (Wildman–Crippen MR) is 109 cm³/mol. The molecule has 0 heterocycles. The van der Waals surface area contributed by atoms with E-state index in [0.717, 1.165) is 5.56 Å². The lowest BCUT2D eigenvalue weighted by Crippen LogP contribution is -2.42. The normalized spacial score (nSPS) is 12.2. The molecule has 168 valence electrons. The Morgan fingerprint density at radius 3 is 2.47 bits per heavy atom. The quantitative estimate of drug-likeness (QED) is 0.499. The van der Waals surface area contributed by atoms with Gasteiger partial charge >= 0.3 is 12.1 Å². The van der Waals surface area contributed by atoms with Crippen LogP contribution < -0.4 is 15.8 Å². The summed E-state index contributed by atoms with van der Waals surface area (Å²) in [5, 5.41) is 11.4. The van der Waals surface area contributed by atoms with Crippen LogP contribution in [0.15, 0.2) is 12.1 Å². The number of aliphatic carboxylic acids is 1. The molecule has 4 N–H and O–H groups in total. The molecular formula is C21H31FN2O6. The third-order valence-electron chi connectivity index (χ3n) is 4.00. The first-order valence-electron chi connectivity index (χ1n) is 9.79. The number of nitrogens with one attached hydrogen (secondary N) is 1. The highest BCUT2D eigenvalue weighted by atomic mass is 19.1. The number of amides is 2. The Bertz CT molecular complexity index is 761. The van der Waals surface area contributed by atoms with Crippen molar-refractivity contribution in [1.29, 1.82) is 0 Å². The van der Waals surface area contributed by atoms with E-state index in [1.807, 2.05) is 0 Å². The van der Waals surface area contributed by atoms with E-state index >= 15 is 0 Å². The minimum atomic E-state index is -0.940. The van der Waals surface area contributed by atoms with Gasteiger partial charge < -0.3 is 25.6 Å². The number of carbonyl (C=O) groups excluding carboxylic acids is 2. The molecule has 2 amide bonds. The van der Waals surface area contributed by atoms with Crippen LogP contribution in [0.4, 0.5) is 9.18 Å². The van der Waals surface area contributed by atoms with Crippen LogP contribution in [0.2, 0.25) is 0 Å². The fraction of sp³-hybridized carbons (Fsp3) is 0.571. The van der Waals surface area contributed by atoms with Crippen LogP contribution in [-0.4, -0.2) is 41.3 Å². The van der Waals surface area contributed by atoms with E-state index in [0.29, 0.717) is 12.0 Å². The zero-order valence-corrected chi connectivity index (χ0v) is 17.9. The van der Waals surface area contributed by atoms with Gasteiger partial charge in [-0.25, -0.2) is 9.18 Å². The number of carbonyl (C=O) groups is 3. The van der Waals surface area contributed by atoms with Crippen molar-refractivity contribution in [2.75, 3.05) is 6.61 Å². The van der Waals surface area contributed by atoms with E-state index in [9.17, 15) is 18.8 Å². The number of primary amides is 1. The molecule has 0 fully saturated rings. The highest BCUT2D eigenvalue weighted by molar-refractivity contribution is 5.74. The first-order valence-corrected chi connectivity index (χ1v) is 9.79. The van der Waals surface area contributed by atoms with Gasteiger partial charge in [0.2, 0.25) is 5.91 Å². The minimum absolute atomic E-state index is 0.00427. The van der Waals surface area contributed by atoms with E-state index in [2.05, 4.69) is 5.32 Å². The third-order valence-corrected chi connectivity index (χ3v) is 4.00. The lowest BCUT2D eigenvalue weighted by Gasteiger charge is -2.24. The molecule has 0 saturated carbocycles. The van der Waals surface area contributed by atoms with Gasteiger partial charge in [-0.05, 0) is 64.2 Å². The van der Waals surface area contributed by atoms with E-state index in [1.165, 1.54) is 6.07 Å². The largest absolute Gasteiger partial charge is 0.488 e. The second kappa shape index (κ2) is 11.4. The zero-order valence-electron chi connectivity index (χ0n) is 17.9. The second-order valence-electron chi connectivity index (χ2n) is 8.14. The molecule has 0 aliphatic heterocycles. The van der Waals surface area contributed by atoms with Crippen molar-refractivity contribution in [3.05, 3.63) is 29.1 Å². The van der Waals surface area contributed by atoms with E-state index in [4.69, 9.17) is 20.3 Å². The topological polar surface area (TPSA) is 128 Å². The van der Waals surface area contributed by atoms with Gasteiger partial charge in [-0.2, -0.15) is 0 Å². The second-order valence-corrected chi connectivity index (χ2v) is 8.14. The van der Waals surface area contributed by atoms with Gasteiger partial charge in [0, 0.05) is 12.8 Å². The Labute approximate surface area is 175 Å². The number of carboxylic acids is 1. The fourth-order valence-electron chi connectivity index (χ4n) is 2.70. The van der Waals surface area contributed by atoms with Gasteiger partial charge in [0.1, 0.15) is 12.2 Å². The summed E-state index contributed by atoms with van der Waals surface area (Å²) in [5.74, 6) is -2.05. The third kappa shape index (κ3) is 10.1. The van der Waals surface area contributed by atoms with Crippen molar-refractivity contribution in [3.8, 4) is 5.75 Å². The maximum absolute atomic E-state index is 14.8. The molecule has 0 aliphatic rings. The van der Waals surface area contributed by atoms with Gasteiger partial charge in [-0.15, -0.1) is 0 Å². The molecule has 1 rings (SSSR count). The van der Waals surface area contributed by atoms with E-state index in [1.54, 1.807) is 33.8 Å². The minimum Gasteiger partial charge on any atom is -0.488 e. The molecule has 1 atom stereocenters. The summed E-state index contributed by atoms with van der Waals surface area (Å²) in [4.78, 5) is 33.8. The van der Waals surface area contributed by atoms with Gasteiger partial charge in [0.25, 0.3) is 0 Å². The number of halogens is 1. The van der Waals surface area contributed by atoms with Crippen molar-refractivity contribution < 1.29 is 33.4 Å². The number of alkyl carbamates (subject to hydrolysis) is 1. The lowest BCUT2D eigenvalue weighted by molar-refractivity contribution is -0.137. The maximum Gasteiger partial charge on any atom is 0.407 e. The molecule has 0 saturated heterocycles. The summed E-state index contributed by atoms with van der Waals surface area (Å²) < 4.78 is 25.6. The van der Waals surface area contributed by atoms with Crippen molar-refractivity contribution in [3.63, 3.8) is 0 Å². The highest BCUT2D eigenvalue weighted by Gasteiger charge is 2.21. The average molecular weight is 426 g/mol. The van der Waals surface area contributed by atoms with Crippen LogP contribution >= 0.6 is 0 Å². The molecule has 0 aromatic heterocycles. The van der Waals surface area contributed by atoms with Crippen molar-refractivity contribution in [2.24, 2.45) is 5.73 Å². The fourth-order valence-corrected chi connectivity index (χ4v) is 2.70.